The monoisotopic (exact) mass is 442 g/mol. The van der Waals surface area contributed by atoms with Gasteiger partial charge in [-0.05, 0) is 49.2 Å². The second-order valence-electron chi connectivity index (χ2n) is 6.42. The van der Waals surface area contributed by atoms with E-state index in [1.165, 1.54) is 24.3 Å². The molecule has 2 aromatic carbocycles. The van der Waals surface area contributed by atoms with Crippen LogP contribution in [0.15, 0.2) is 57.5 Å². The lowest BCUT2D eigenvalue weighted by molar-refractivity contribution is -0.384. The van der Waals surface area contributed by atoms with Crippen molar-refractivity contribution >= 4 is 27.5 Å². The molecule has 0 saturated carbocycles. The van der Waals surface area contributed by atoms with Crippen LogP contribution < -0.4 is 0 Å². The third kappa shape index (κ3) is 3.53. The third-order valence-electron chi connectivity index (χ3n) is 4.67. The zero-order valence-electron chi connectivity index (χ0n) is 14.6. The minimum atomic E-state index is -0.491. The van der Waals surface area contributed by atoms with E-state index in [0.717, 1.165) is 22.9 Å². The molecule has 3 aromatic rings. The van der Waals surface area contributed by atoms with Crippen LogP contribution in [0.4, 0.5) is 5.69 Å². The normalized spacial score (nSPS) is 16.3. The SMILES string of the molecule is O=C(c1ccc([N+](=O)[O-])cc1)N1CCCC1c1nc(-c2ccc(Br)cc2)no1. The van der Waals surface area contributed by atoms with E-state index < -0.39 is 4.92 Å². The summed E-state index contributed by atoms with van der Waals surface area (Å²) in [5, 5.41) is 14.8. The number of carbonyl (C=O) groups is 1. The van der Waals surface area contributed by atoms with Gasteiger partial charge in [0.1, 0.15) is 6.04 Å². The fraction of sp³-hybridized carbons (Fsp3) is 0.211. The van der Waals surface area contributed by atoms with Gasteiger partial charge in [0, 0.05) is 34.3 Å². The number of benzene rings is 2. The molecule has 8 nitrogen and oxygen atoms in total. The molecule has 1 aliphatic rings. The molecule has 0 N–H and O–H groups in total. The Morgan fingerprint density at radius 1 is 1.18 bits per heavy atom. The predicted octanol–water partition coefficient (Wildman–Crippen LogP) is 4.38. The van der Waals surface area contributed by atoms with Gasteiger partial charge in [0.2, 0.25) is 11.7 Å². The van der Waals surface area contributed by atoms with Crippen LogP contribution in [0, 0.1) is 10.1 Å². The predicted molar refractivity (Wildman–Crippen MR) is 104 cm³/mol. The first-order chi connectivity index (χ1) is 13.5. The first kappa shape index (κ1) is 18.3. The van der Waals surface area contributed by atoms with Crippen LogP contribution in [0.2, 0.25) is 0 Å². The molecule has 1 fully saturated rings. The average molecular weight is 443 g/mol. The zero-order chi connectivity index (χ0) is 19.7. The Labute approximate surface area is 168 Å². The molecule has 1 aromatic heterocycles. The molecular formula is C19H15BrN4O4. The van der Waals surface area contributed by atoms with Gasteiger partial charge in [0.15, 0.2) is 0 Å². The van der Waals surface area contributed by atoms with Crippen molar-refractivity contribution in [3.8, 4) is 11.4 Å². The highest BCUT2D eigenvalue weighted by molar-refractivity contribution is 9.10. The fourth-order valence-electron chi connectivity index (χ4n) is 3.24. The molecule has 1 unspecified atom stereocenters. The molecule has 0 bridgehead atoms. The molecule has 0 aliphatic carbocycles. The molecule has 2 heterocycles. The Kier molecular flexibility index (Phi) is 4.91. The van der Waals surface area contributed by atoms with Crippen molar-refractivity contribution in [3.63, 3.8) is 0 Å². The second-order valence-corrected chi connectivity index (χ2v) is 7.34. The van der Waals surface area contributed by atoms with Gasteiger partial charge in [-0.15, -0.1) is 0 Å². The molecule has 28 heavy (non-hydrogen) atoms. The summed E-state index contributed by atoms with van der Waals surface area (Å²) in [6, 6.07) is 12.8. The number of halogens is 1. The zero-order valence-corrected chi connectivity index (χ0v) is 16.2. The van der Waals surface area contributed by atoms with Gasteiger partial charge in [-0.25, -0.2) is 0 Å². The second kappa shape index (κ2) is 7.51. The smallest absolute Gasteiger partial charge is 0.269 e. The summed E-state index contributed by atoms with van der Waals surface area (Å²) >= 11 is 3.39. The van der Waals surface area contributed by atoms with Crippen LogP contribution in [0.3, 0.4) is 0 Å². The maximum atomic E-state index is 12.9. The van der Waals surface area contributed by atoms with Gasteiger partial charge in [-0.3, -0.25) is 14.9 Å². The topological polar surface area (TPSA) is 102 Å². The van der Waals surface area contributed by atoms with E-state index >= 15 is 0 Å². The summed E-state index contributed by atoms with van der Waals surface area (Å²) in [5.41, 5.74) is 1.17. The maximum absolute atomic E-state index is 12.9. The molecule has 0 radical (unpaired) electrons. The summed E-state index contributed by atoms with van der Waals surface area (Å²) in [6.07, 6.45) is 1.54. The Bertz CT molecular complexity index is 1020. The van der Waals surface area contributed by atoms with E-state index in [9.17, 15) is 14.9 Å². The number of amides is 1. The minimum absolute atomic E-state index is 0.0504. The third-order valence-corrected chi connectivity index (χ3v) is 5.20. The van der Waals surface area contributed by atoms with E-state index in [1.54, 1.807) is 4.90 Å². The largest absolute Gasteiger partial charge is 0.337 e. The minimum Gasteiger partial charge on any atom is -0.337 e. The molecule has 142 valence electrons. The molecule has 4 rings (SSSR count). The number of aromatic nitrogens is 2. The summed E-state index contributed by atoms with van der Waals surface area (Å²) in [6.45, 7) is 0.566. The number of non-ortho nitro benzene ring substituents is 1. The number of hydrogen-bond acceptors (Lipinski definition) is 6. The van der Waals surface area contributed by atoms with Crippen molar-refractivity contribution in [1.29, 1.82) is 0 Å². The lowest BCUT2D eigenvalue weighted by atomic mass is 10.1. The van der Waals surface area contributed by atoms with Crippen molar-refractivity contribution in [2.24, 2.45) is 0 Å². The molecule has 9 heteroatoms. The van der Waals surface area contributed by atoms with Crippen molar-refractivity contribution in [2.75, 3.05) is 6.54 Å². The quantitative estimate of drug-likeness (QED) is 0.438. The van der Waals surface area contributed by atoms with Gasteiger partial charge in [-0.1, -0.05) is 21.1 Å². The van der Waals surface area contributed by atoms with Crippen molar-refractivity contribution in [1.82, 2.24) is 15.0 Å². The van der Waals surface area contributed by atoms with Crippen molar-refractivity contribution in [2.45, 2.75) is 18.9 Å². The number of likely N-dealkylation sites (tertiary alicyclic amines) is 1. The Morgan fingerprint density at radius 3 is 2.57 bits per heavy atom. The van der Waals surface area contributed by atoms with Crippen molar-refractivity contribution < 1.29 is 14.2 Å². The molecule has 1 saturated heterocycles. The van der Waals surface area contributed by atoms with E-state index in [0.29, 0.717) is 23.8 Å². The van der Waals surface area contributed by atoms with E-state index in [2.05, 4.69) is 26.1 Å². The first-order valence-electron chi connectivity index (χ1n) is 8.68. The molecule has 0 spiro atoms. The Morgan fingerprint density at radius 2 is 1.89 bits per heavy atom. The number of nitro benzene ring substituents is 1. The number of rotatable bonds is 4. The van der Waals surface area contributed by atoms with Crippen LogP contribution in [0.25, 0.3) is 11.4 Å². The van der Waals surface area contributed by atoms with Crippen LogP contribution in [0.5, 0.6) is 0 Å². The lowest BCUT2D eigenvalue weighted by Crippen LogP contribution is -2.30. The number of carbonyl (C=O) groups excluding carboxylic acids is 1. The molecule has 1 aliphatic heterocycles. The van der Waals surface area contributed by atoms with Gasteiger partial charge < -0.3 is 9.42 Å². The summed E-state index contributed by atoms with van der Waals surface area (Å²) in [4.78, 5) is 29.3. The van der Waals surface area contributed by atoms with E-state index in [-0.39, 0.29) is 17.6 Å². The standard InChI is InChI=1S/C19H15BrN4O4/c20-14-7-3-12(4-8-14)17-21-18(28-22-17)16-2-1-11-23(16)19(25)13-5-9-15(10-6-13)24(26)27/h3-10,16H,1-2,11H2. The van der Waals surface area contributed by atoms with Crippen LogP contribution in [-0.4, -0.2) is 32.4 Å². The van der Waals surface area contributed by atoms with Crippen LogP contribution >= 0.6 is 15.9 Å². The Hall–Kier alpha value is -3.07. The molecule has 1 amide bonds. The van der Waals surface area contributed by atoms with E-state index in [4.69, 9.17) is 4.52 Å². The highest BCUT2D eigenvalue weighted by atomic mass is 79.9. The lowest BCUT2D eigenvalue weighted by Gasteiger charge is -2.21. The number of hydrogen-bond donors (Lipinski definition) is 0. The van der Waals surface area contributed by atoms with Gasteiger partial charge >= 0.3 is 0 Å². The number of nitrogens with zero attached hydrogens (tertiary/aromatic N) is 4. The van der Waals surface area contributed by atoms with Gasteiger partial charge in [0.05, 0.1) is 4.92 Å². The number of nitro groups is 1. The van der Waals surface area contributed by atoms with Gasteiger partial charge in [-0.2, -0.15) is 4.98 Å². The van der Waals surface area contributed by atoms with Gasteiger partial charge in [0.25, 0.3) is 11.6 Å². The first-order valence-corrected chi connectivity index (χ1v) is 9.47. The van der Waals surface area contributed by atoms with Crippen LogP contribution in [-0.2, 0) is 0 Å². The average Bonchev–Trinajstić information content (AvgIpc) is 3.37. The summed E-state index contributed by atoms with van der Waals surface area (Å²) in [7, 11) is 0. The highest BCUT2D eigenvalue weighted by Crippen LogP contribution is 2.33. The fourth-order valence-corrected chi connectivity index (χ4v) is 3.51. The summed E-state index contributed by atoms with van der Waals surface area (Å²) in [5.74, 6) is 0.656. The molecular weight excluding hydrogens is 428 g/mol. The van der Waals surface area contributed by atoms with E-state index in [1.807, 2.05) is 24.3 Å². The highest BCUT2D eigenvalue weighted by Gasteiger charge is 2.34. The summed E-state index contributed by atoms with van der Waals surface area (Å²) < 4.78 is 6.40. The van der Waals surface area contributed by atoms with Crippen molar-refractivity contribution in [3.05, 3.63) is 74.6 Å². The Balaban J connectivity index is 1.56. The maximum Gasteiger partial charge on any atom is 0.269 e. The van der Waals surface area contributed by atoms with Crippen LogP contribution in [0.1, 0.15) is 35.1 Å². The molecule has 1 atom stereocenters.